The molecule has 0 aliphatic heterocycles. The number of carbonyl (C=O) groups excluding carboxylic acids is 2. The number of methoxy groups -OCH3 is 2. The summed E-state index contributed by atoms with van der Waals surface area (Å²) in [5.41, 5.74) is 2.63. The van der Waals surface area contributed by atoms with Crippen molar-refractivity contribution in [2.24, 2.45) is 0 Å². The molecular weight excluding hydrogens is 609 g/mol. The summed E-state index contributed by atoms with van der Waals surface area (Å²) in [6.45, 7) is 3.43. The standard InChI is InChI=1S/C35H38FN3O6S/c1-5-37-35(41)31(21-26-11-7-6-8-12-26)38(23-27-13-9-10-25(2)20-27)34(40)24-39(29-16-14-28(36)15-17-29)46(42,43)30-18-19-32(44-3)33(22-30)45-4/h6-20,22,31H,5,21,23-24H2,1-4H3,(H,37,41). The van der Waals surface area contributed by atoms with Crippen molar-refractivity contribution in [1.82, 2.24) is 10.2 Å². The monoisotopic (exact) mass is 647 g/mol. The van der Waals surface area contributed by atoms with Gasteiger partial charge >= 0.3 is 0 Å². The van der Waals surface area contributed by atoms with Gasteiger partial charge in [-0.3, -0.25) is 13.9 Å². The molecule has 2 amide bonds. The van der Waals surface area contributed by atoms with Crippen LogP contribution in [0, 0.1) is 12.7 Å². The molecule has 11 heteroatoms. The summed E-state index contributed by atoms with van der Waals surface area (Å²) in [7, 11) is -1.61. The SMILES string of the molecule is CCNC(=O)C(Cc1ccccc1)N(Cc1cccc(C)c1)C(=O)CN(c1ccc(F)cc1)S(=O)(=O)c1ccc(OC)c(OC)c1. The van der Waals surface area contributed by atoms with Gasteiger partial charge in [0.25, 0.3) is 10.0 Å². The number of hydrogen-bond donors (Lipinski definition) is 1. The molecule has 4 aromatic rings. The number of sulfonamides is 1. The van der Waals surface area contributed by atoms with E-state index in [0.29, 0.717) is 12.3 Å². The first kappa shape index (κ1) is 34.0. The number of carbonyl (C=O) groups is 2. The Morgan fingerprint density at radius 2 is 1.52 bits per heavy atom. The molecule has 1 N–H and O–H groups in total. The van der Waals surface area contributed by atoms with Gasteiger partial charge in [0.15, 0.2) is 11.5 Å². The lowest BCUT2D eigenvalue weighted by atomic mass is 10.0. The third kappa shape index (κ3) is 8.22. The third-order valence-electron chi connectivity index (χ3n) is 7.39. The van der Waals surface area contributed by atoms with E-state index >= 15 is 0 Å². The van der Waals surface area contributed by atoms with E-state index in [1.165, 1.54) is 49.5 Å². The van der Waals surface area contributed by atoms with E-state index in [0.717, 1.165) is 33.1 Å². The van der Waals surface area contributed by atoms with E-state index in [2.05, 4.69) is 5.32 Å². The van der Waals surface area contributed by atoms with Crippen molar-refractivity contribution in [3.8, 4) is 11.5 Å². The summed E-state index contributed by atoms with van der Waals surface area (Å²) >= 11 is 0. The van der Waals surface area contributed by atoms with Crippen LogP contribution in [0.3, 0.4) is 0 Å². The Kier molecular flexibility index (Phi) is 11.4. The second kappa shape index (κ2) is 15.4. The predicted molar refractivity (Wildman–Crippen MR) is 175 cm³/mol. The highest BCUT2D eigenvalue weighted by Gasteiger charge is 2.35. The third-order valence-corrected chi connectivity index (χ3v) is 9.16. The molecule has 242 valence electrons. The molecular formula is C35H38FN3O6S. The first-order valence-corrected chi connectivity index (χ1v) is 16.2. The van der Waals surface area contributed by atoms with Crippen LogP contribution in [0.4, 0.5) is 10.1 Å². The van der Waals surface area contributed by atoms with Gasteiger partial charge in [0, 0.05) is 25.6 Å². The van der Waals surface area contributed by atoms with Crippen LogP contribution in [0.15, 0.2) is 102 Å². The Morgan fingerprint density at radius 3 is 2.15 bits per heavy atom. The van der Waals surface area contributed by atoms with Crippen LogP contribution in [0.5, 0.6) is 11.5 Å². The zero-order valence-corrected chi connectivity index (χ0v) is 27.1. The molecule has 0 saturated heterocycles. The summed E-state index contributed by atoms with van der Waals surface area (Å²) in [5, 5.41) is 2.84. The quantitative estimate of drug-likeness (QED) is 0.204. The number of nitrogens with zero attached hydrogens (tertiary/aromatic N) is 2. The number of anilines is 1. The Hall–Kier alpha value is -4.90. The first-order chi connectivity index (χ1) is 22.1. The summed E-state index contributed by atoms with van der Waals surface area (Å²) in [6.07, 6.45) is 0.198. The summed E-state index contributed by atoms with van der Waals surface area (Å²) < 4.78 is 53.9. The van der Waals surface area contributed by atoms with Crippen LogP contribution in [-0.4, -0.2) is 58.5 Å². The lowest BCUT2D eigenvalue weighted by molar-refractivity contribution is -0.140. The van der Waals surface area contributed by atoms with E-state index in [9.17, 15) is 22.4 Å². The molecule has 1 atom stereocenters. The van der Waals surface area contributed by atoms with Gasteiger partial charge in [-0.25, -0.2) is 12.8 Å². The number of rotatable bonds is 14. The topological polar surface area (TPSA) is 105 Å². The minimum Gasteiger partial charge on any atom is -0.493 e. The lowest BCUT2D eigenvalue weighted by Crippen LogP contribution is -2.53. The van der Waals surface area contributed by atoms with E-state index in [1.54, 1.807) is 6.92 Å². The van der Waals surface area contributed by atoms with Crippen molar-refractivity contribution in [2.45, 2.75) is 37.8 Å². The first-order valence-electron chi connectivity index (χ1n) is 14.7. The van der Waals surface area contributed by atoms with E-state index in [-0.39, 0.29) is 35.2 Å². The summed E-state index contributed by atoms with van der Waals surface area (Å²) in [6, 6.07) is 24.8. The van der Waals surface area contributed by atoms with Gasteiger partial charge in [-0.1, -0.05) is 60.2 Å². The van der Waals surface area contributed by atoms with Gasteiger partial charge in [0.05, 0.1) is 24.8 Å². The number of benzene rings is 4. The van der Waals surface area contributed by atoms with Gasteiger partial charge in [-0.05, 0) is 61.4 Å². The average molecular weight is 648 g/mol. The highest BCUT2D eigenvalue weighted by Crippen LogP contribution is 2.32. The average Bonchev–Trinajstić information content (AvgIpc) is 3.05. The second-order valence-electron chi connectivity index (χ2n) is 10.6. The minimum atomic E-state index is -4.42. The molecule has 0 spiro atoms. The Bertz CT molecular complexity index is 1750. The fourth-order valence-electron chi connectivity index (χ4n) is 5.09. The van der Waals surface area contributed by atoms with Gasteiger partial charge in [-0.2, -0.15) is 0 Å². The highest BCUT2D eigenvalue weighted by atomic mass is 32.2. The molecule has 0 aliphatic carbocycles. The Balaban J connectivity index is 1.82. The number of likely N-dealkylation sites (N-methyl/N-ethyl adjacent to an activating group) is 1. The highest BCUT2D eigenvalue weighted by molar-refractivity contribution is 7.92. The van der Waals surface area contributed by atoms with Crippen LogP contribution in [0.1, 0.15) is 23.6 Å². The van der Waals surface area contributed by atoms with Crippen molar-refractivity contribution >= 4 is 27.5 Å². The van der Waals surface area contributed by atoms with Gasteiger partial charge in [0.2, 0.25) is 11.8 Å². The smallest absolute Gasteiger partial charge is 0.264 e. The number of ether oxygens (including phenoxy) is 2. The van der Waals surface area contributed by atoms with E-state index in [1.807, 2.05) is 61.5 Å². The van der Waals surface area contributed by atoms with Crippen LogP contribution >= 0.6 is 0 Å². The van der Waals surface area contributed by atoms with Crippen LogP contribution in [0.2, 0.25) is 0 Å². The fourth-order valence-corrected chi connectivity index (χ4v) is 6.52. The van der Waals surface area contributed by atoms with E-state index in [4.69, 9.17) is 9.47 Å². The molecule has 0 bridgehead atoms. The van der Waals surface area contributed by atoms with Crippen molar-refractivity contribution < 1.29 is 31.9 Å². The van der Waals surface area contributed by atoms with Crippen LogP contribution in [0.25, 0.3) is 0 Å². The number of halogens is 1. The van der Waals surface area contributed by atoms with E-state index < -0.39 is 34.3 Å². The predicted octanol–water partition coefficient (Wildman–Crippen LogP) is 5.12. The Morgan fingerprint density at radius 1 is 0.848 bits per heavy atom. The maximum absolute atomic E-state index is 14.4. The number of aryl methyl sites for hydroxylation is 1. The van der Waals surface area contributed by atoms with Crippen molar-refractivity contribution in [2.75, 3.05) is 31.6 Å². The van der Waals surface area contributed by atoms with Crippen LogP contribution in [-0.2, 0) is 32.6 Å². The molecule has 0 aromatic heterocycles. The van der Waals surface area contributed by atoms with Crippen molar-refractivity contribution in [3.05, 3.63) is 120 Å². The molecule has 0 fully saturated rings. The zero-order chi connectivity index (χ0) is 33.3. The molecule has 1 unspecified atom stereocenters. The summed E-state index contributed by atoms with van der Waals surface area (Å²) in [4.78, 5) is 29.3. The second-order valence-corrected chi connectivity index (χ2v) is 12.5. The molecule has 0 aliphatic rings. The maximum Gasteiger partial charge on any atom is 0.264 e. The molecule has 0 radical (unpaired) electrons. The molecule has 9 nitrogen and oxygen atoms in total. The minimum absolute atomic E-state index is 0.0445. The molecule has 0 heterocycles. The van der Waals surface area contributed by atoms with Crippen molar-refractivity contribution in [1.29, 1.82) is 0 Å². The lowest BCUT2D eigenvalue weighted by Gasteiger charge is -2.34. The fraction of sp³-hybridized carbons (Fsp3) is 0.257. The summed E-state index contributed by atoms with van der Waals surface area (Å²) in [5.74, 6) is -1.07. The molecule has 4 rings (SSSR count). The molecule has 46 heavy (non-hydrogen) atoms. The number of hydrogen-bond acceptors (Lipinski definition) is 6. The zero-order valence-electron chi connectivity index (χ0n) is 26.3. The number of nitrogens with one attached hydrogen (secondary N) is 1. The largest absolute Gasteiger partial charge is 0.493 e. The Labute approximate surface area is 269 Å². The van der Waals surface area contributed by atoms with Gasteiger partial charge in [0.1, 0.15) is 18.4 Å². The molecule has 0 saturated carbocycles. The molecule has 4 aromatic carbocycles. The van der Waals surface area contributed by atoms with Crippen molar-refractivity contribution in [3.63, 3.8) is 0 Å². The van der Waals surface area contributed by atoms with Crippen LogP contribution < -0.4 is 19.1 Å². The van der Waals surface area contributed by atoms with Gasteiger partial charge in [-0.15, -0.1) is 0 Å². The maximum atomic E-state index is 14.4. The van der Waals surface area contributed by atoms with Gasteiger partial charge < -0.3 is 19.7 Å². The number of amides is 2. The normalized spacial score (nSPS) is 11.8.